The van der Waals surface area contributed by atoms with Crippen molar-refractivity contribution in [3.05, 3.63) is 28.8 Å². The molecule has 1 aliphatic heterocycles. The van der Waals surface area contributed by atoms with Crippen molar-refractivity contribution >= 4 is 11.6 Å². The molecule has 0 aromatic heterocycles. The fourth-order valence-corrected chi connectivity index (χ4v) is 2.53. The zero-order valence-corrected chi connectivity index (χ0v) is 12.2. The van der Waals surface area contributed by atoms with E-state index in [2.05, 4.69) is 4.90 Å². The van der Waals surface area contributed by atoms with Crippen molar-refractivity contribution in [2.75, 3.05) is 26.8 Å². The summed E-state index contributed by atoms with van der Waals surface area (Å²) >= 11 is 6.26. The monoisotopic (exact) mass is 284 g/mol. The van der Waals surface area contributed by atoms with Crippen molar-refractivity contribution in [3.8, 4) is 5.75 Å². The molecule has 19 heavy (non-hydrogen) atoms. The number of morpholine rings is 1. The summed E-state index contributed by atoms with van der Waals surface area (Å²) in [5, 5.41) is 0.739. The molecule has 2 atom stereocenters. The van der Waals surface area contributed by atoms with Gasteiger partial charge in [-0.3, -0.25) is 4.90 Å². The molecule has 5 heteroatoms. The van der Waals surface area contributed by atoms with Gasteiger partial charge in [-0.1, -0.05) is 17.7 Å². The van der Waals surface area contributed by atoms with E-state index >= 15 is 0 Å². The summed E-state index contributed by atoms with van der Waals surface area (Å²) in [5.74, 6) is 0.830. The normalized spacial score (nSPS) is 22.2. The van der Waals surface area contributed by atoms with E-state index in [0.717, 1.165) is 36.0 Å². The van der Waals surface area contributed by atoms with Crippen LogP contribution in [0.4, 0.5) is 0 Å². The maximum Gasteiger partial charge on any atom is 0.124 e. The Labute approximate surface area is 119 Å². The van der Waals surface area contributed by atoms with E-state index in [-0.39, 0.29) is 12.1 Å². The van der Waals surface area contributed by atoms with Gasteiger partial charge in [-0.2, -0.15) is 0 Å². The Morgan fingerprint density at radius 2 is 2.37 bits per heavy atom. The van der Waals surface area contributed by atoms with E-state index in [9.17, 15) is 0 Å². The van der Waals surface area contributed by atoms with Gasteiger partial charge < -0.3 is 15.2 Å². The predicted molar refractivity (Wildman–Crippen MR) is 76.7 cm³/mol. The number of halogens is 1. The average Bonchev–Trinajstić information content (AvgIpc) is 2.41. The van der Waals surface area contributed by atoms with Gasteiger partial charge >= 0.3 is 0 Å². The molecule has 1 saturated heterocycles. The maximum absolute atomic E-state index is 6.26. The predicted octanol–water partition coefficient (Wildman–Crippen LogP) is 1.90. The molecule has 2 N–H and O–H groups in total. The standard InChI is InChI=1S/C14H21ClN2O2/c1-10(16)14-9-17(6-7-19-14)8-11-12(15)4-3-5-13(11)18-2/h3-5,10,14H,6-9,16H2,1-2H3. The van der Waals surface area contributed by atoms with E-state index in [1.807, 2.05) is 25.1 Å². The molecule has 0 amide bonds. The minimum atomic E-state index is 0.0379. The number of nitrogens with zero attached hydrogens (tertiary/aromatic N) is 1. The molecule has 0 saturated carbocycles. The van der Waals surface area contributed by atoms with Gasteiger partial charge in [0.15, 0.2) is 0 Å². The number of methoxy groups -OCH3 is 1. The van der Waals surface area contributed by atoms with Gasteiger partial charge in [0, 0.05) is 36.3 Å². The van der Waals surface area contributed by atoms with Crippen LogP contribution in [-0.4, -0.2) is 43.9 Å². The Bertz CT molecular complexity index is 426. The van der Waals surface area contributed by atoms with Crippen molar-refractivity contribution in [2.45, 2.75) is 25.6 Å². The molecule has 1 aromatic rings. The lowest BCUT2D eigenvalue weighted by molar-refractivity contribution is -0.0404. The van der Waals surface area contributed by atoms with Crippen LogP contribution in [0.25, 0.3) is 0 Å². The number of rotatable bonds is 4. The van der Waals surface area contributed by atoms with Gasteiger partial charge in [-0.15, -0.1) is 0 Å². The van der Waals surface area contributed by atoms with E-state index in [1.165, 1.54) is 0 Å². The lowest BCUT2D eigenvalue weighted by Gasteiger charge is -2.35. The van der Waals surface area contributed by atoms with Crippen molar-refractivity contribution < 1.29 is 9.47 Å². The van der Waals surface area contributed by atoms with E-state index in [0.29, 0.717) is 6.61 Å². The Morgan fingerprint density at radius 1 is 1.58 bits per heavy atom. The number of hydrogen-bond donors (Lipinski definition) is 1. The topological polar surface area (TPSA) is 47.7 Å². The van der Waals surface area contributed by atoms with Crippen LogP contribution in [0.5, 0.6) is 5.75 Å². The summed E-state index contributed by atoms with van der Waals surface area (Å²) in [5.41, 5.74) is 6.93. The van der Waals surface area contributed by atoms with Crippen LogP contribution in [0.3, 0.4) is 0 Å². The quantitative estimate of drug-likeness (QED) is 0.917. The van der Waals surface area contributed by atoms with E-state index in [4.69, 9.17) is 26.8 Å². The SMILES string of the molecule is COc1cccc(Cl)c1CN1CCOC(C(C)N)C1. The fourth-order valence-electron chi connectivity index (χ4n) is 2.30. The van der Waals surface area contributed by atoms with Crippen LogP contribution >= 0.6 is 11.6 Å². The second kappa shape index (κ2) is 6.57. The molecule has 0 spiro atoms. The molecule has 0 aliphatic carbocycles. The number of ether oxygens (including phenoxy) is 2. The number of hydrogen-bond acceptors (Lipinski definition) is 4. The highest BCUT2D eigenvalue weighted by atomic mass is 35.5. The molecule has 2 rings (SSSR count). The van der Waals surface area contributed by atoms with Gasteiger partial charge in [0.2, 0.25) is 0 Å². The summed E-state index contributed by atoms with van der Waals surface area (Å²) in [6.07, 6.45) is 0.0854. The zero-order chi connectivity index (χ0) is 13.8. The third-order valence-electron chi connectivity index (χ3n) is 3.44. The molecule has 1 aliphatic rings. The smallest absolute Gasteiger partial charge is 0.124 e. The first-order chi connectivity index (χ1) is 9.11. The minimum absolute atomic E-state index is 0.0379. The first kappa shape index (κ1) is 14.6. The van der Waals surface area contributed by atoms with Crippen molar-refractivity contribution in [1.82, 2.24) is 4.90 Å². The fraction of sp³-hybridized carbons (Fsp3) is 0.571. The van der Waals surface area contributed by atoms with E-state index < -0.39 is 0 Å². The van der Waals surface area contributed by atoms with Gasteiger partial charge in [-0.25, -0.2) is 0 Å². The number of benzene rings is 1. The Hall–Kier alpha value is -0.810. The minimum Gasteiger partial charge on any atom is -0.496 e. The molecule has 1 fully saturated rings. The lowest BCUT2D eigenvalue weighted by atomic mass is 10.1. The maximum atomic E-state index is 6.26. The van der Waals surface area contributed by atoms with Crippen LogP contribution in [0.15, 0.2) is 18.2 Å². The second-order valence-electron chi connectivity index (χ2n) is 4.92. The Balaban J connectivity index is 2.08. The van der Waals surface area contributed by atoms with Crippen LogP contribution < -0.4 is 10.5 Å². The Kier molecular flexibility index (Phi) is 5.05. The van der Waals surface area contributed by atoms with Gasteiger partial charge in [-0.05, 0) is 19.1 Å². The molecular formula is C14H21ClN2O2. The molecule has 1 heterocycles. The van der Waals surface area contributed by atoms with Gasteiger partial charge in [0.25, 0.3) is 0 Å². The summed E-state index contributed by atoms with van der Waals surface area (Å²) < 4.78 is 11.0. The second-order valence-corrected chi connectivity index (χ2v) is 5.33. The molecule has 106 valence electrons. The highest BCUT2D eigenvalue weighted by Crippen LogP contribution is 2.28. The third-order valence-corrected chi connectivity index (χ3v) is 3.80. The third kappa shape index (κ3) is 3.60. The zero-order valence-electron chi connectivity index (χ0n) is 11.4. The molecule has 1 aromatic carbocycles. The largest absolute Gasteiger partial charge is 0.496 e. The highest BCUT2D eigenvalue weighted by Gasteiger charge is 2.24. The van der Waals surface area contributed by atoms with Gasteiger partial charge in [0.05, 0.1) is 19.8 Å². The molecule has 4 nitrogen and oxygen atoms in total. The average molecular weight is 285 g/mol. The van der Waals surface area contributed by atoms with E-state index in [1.54, 1.807) is 7.11 Å². The summed E-state index contributed by atoms with van der Waals surface area (Å²) in [7, 11) is 1.67. The van der Waals surface area contributed by atoms with Crippen LogP contribution in [0.1, 0.15) is 12.5 Å². The first-order valence-electron chi connectivity index (χ1n) is 6.52. The molecule has 0 bridgehead atoms. The van der Waals surface area contributed by atoms with Crippen LogP contribution in [0, 0.1) is 0 Å². The van der Waals surface area contributed by atoms with Crippen molar-refractivity contribution in [2.24, 2.45) is 5.73 Å². The molecule has 2 unspecified atom stereocenters. The van der Waals surface area contributed by atoms with Gasteiger partial charge in [0.1, 0.15) is 5.75 Å². The summed E-state index contributed by atoms with van der Waals surface area (Å²) in [6.45, 7) is 5.16. The number of nitrogens with two attached hydrogens (primary N) is 1. The lowest BCUT2D eigenvalue weighted by Crippen LogP contribution is -2.49. The van der Waals surface area contributed by atoms with Crippen LogP contribution in [0.2, 0.25) is 5.02 Å². The highest BCUT2D eigenvalue weighted by molar-refractivity contribution is 6.31. The Morgan fingerprint density at radius 3 is 3.05 bits per heavy atom. The summed E-state index contributed by atoms with van der Waals surface area (Å²) in [4.78, 5) is 2.31. The van der Waals surface area contributed by atoms with Crippen LogP contribution in [-0.2, 0) is 11.3 Å². The summed E-state index contributed by atoms with van der Waals surface area (Å²) in [6, 6.07) is 5.76. The first-order valence-corrected chi connectivity index (χ1v) is 6.90. The van der Waals surface area contributed by atoms with Crippen molar-refractivity contribution in [1.29, 1.82) is 0 Å². The molecule has 0 radical (unpaired) electrons. The van der Waals surface area contributed by atoms with Crippen molar-refractivity contribution in [3.63, 3.8) is 0 Å². The molecular weight excluding hydrogens is 264 g/mol.